The van der Waals surface area contributed by atoms with Gasteiger partial charge in [0.15, 0.2) is 17.1 Å². The third-order valence-electron chi connectivity index (χ3n) is 3.09. The van der Waals surface area contributed by atoms with Crippen LogP contribution in [-0.4, -0.2) is 10.9 Å². The molecule has 1 aromatic heterocycles. The third kappa shape index (κ3) is 3.34. The Labute approximate surface area is 119 Å². The van der Waals surface area contributed by atoms with Gasteiger partial charge in [-0.2, -0.15) is 0 Å². The molecular formula is C15H14F2N2O2. The first-order chi connectivity index (χ1) is 9.88. The van der Waals surface area contributed by atoms with E-state index in [0.29, 0.717) is 11.3 Å². The maximum absolute atomic E-state index is 13.2. The first-order valence-corrected chi connectivity index (χ1v) is 6.33. The van der Waals surface area contributed by atoms with Crippen molar-refractivity contribution in [1.29, 1.82) is 0 Å². The number of pyridine rings is 1. The lowest BCUT2D eigenvalue weighted by molar-refractivity contribution is 0.0938. The topological polar surface area (TPSA) is 62.0 Å². The molecule has 110 valence electrons. The van der Waals surface area contributed by atoms with Crippen molar-refractivity contribution in [2.24, 2.45) is 0 Å². The number of nitrogens with one attached hydrogen (secondary N) is 2. The number of carbonyl (C=O) groups excluding carboxylic acids is 1. The van der Waals surface area contributed by atoms with Gasteiger partial charge < -0.3 is 10.3 Å². The van der Waals surface area contributed by atoms with E-state index in [0.717, 1.165) is 12.1 Å². The van der Waals surface area contributed by atoms with Gasteiger partial charge in [0.25, 0.3) is 5.91 Å². The van der Waals surface area contributed by atoms with Crippen molar-refractivity contribution in [2.45, 2.75) is 19.9 Å². The monoisotopic (exact) mass is 292 g/mol. The summed E-state index contributed by atoms with van der Waals surface area (Å²) in [5.41, 5.74) is 0.618. The maximum atomic E-state index is 13.2. The smallest absolute Gasteiger partial charge is 0.257 e. The second-order valence-electron chi connectivity index (χ2n) is 4.76. The fourth-order valence-electron chi connectivity index (χ4n) is 1.89. The van der Waals surface area contributed by atoms with Crippen LogP contribution in [0.2, 0.25) is 0 Å². The van der Waals surface area contributed by atoms with E-state index in [2.05, 4.69) is 10.3 Å². The van der Waals surface area contributed by atoms with E-state index >= 15 is 0 Å². The Morgan fingerprint density at radius 3 is 2.57 bits per heavy atom. The molecule has 1 atom stereocenters. The normalized spacial score (nSPS) is 12.0. The van der Waals surface area contributed by atoms with Gasteiger partial charge in [-0.25, -0.2) is 8.78 Å². The quantitative estimate of drug-likeness (QED) is 0.912. The number of hydrogen-bond acceptors (Lipinski definition) is 2. The summed E-state index contributed by atoms with van der Waals surface area (Å²) in [6, 6.07) is 4.14. The molecule has 0 aliphatic rings. The van der Waals surface area contributed by atoms with Crippen LogP contribution in [0.3, 0.4) is 0 Å². The number of hydrogen-bond donors (Lipinski definition) is 2. The summed E-state index contributed by atoms with van der Waals surface area (Å²) < 4.78 is 26.0. The SMILES string of the molecule is Cc1cc(=O)c(C(=O)NC(C)c2ccc(F)c(F)c2)c[nH]1. The van der Waals surface area contributed by atoms with E-state index in [-0.39, 0.29) is 5.56 Å². The van der Waals surface area contributed by atoms with E-state index in [1.165, 1.54) is 18.3 Å². The molecule has 4 nitrogen and oxygen atoms in total. The van der Waals surface area contributed by atoms with Crippen molar-refractivity contribution >= 4 is 5.91 Å². The molecule has 1 unspecified atom stereocenters. The van der Waals surface area contributed by atoms with Crippen molar-refractivity contribution in [3.05, 3.63) is 69.1 Å². The van der Waals surface area contributed by atoms with Crippen LogP contribution in [0.25, 0.3) is 0 Å². The van der Waals surface area contributed by atoms with E-state index in [1.807, 2.05) is 0 Å². The molecule has 2 aromatic rings. The number of halogens is 2. The number of aromatic nitrogens is 1. The highest BCUT2D eigenvalue weighted by molar-refractivity contribution is 5.94. The summed E-state index contributed by atoms with van der Waals surface area (Å²) >= 11 is 0. The van der Waals surface area contributed by atoms with Crippen LogP contribution < -0.4 is 10.7 Å². The fourth-order valence-corrected chi connectivity index (χ4v) is 1.89. The van der Waals surface area contributed by atoms with E-state index in [4.69, 9.17) is 0 Å². The number of aryl methyl sites for hydroxylation is 1. The van der Waals surface area contributed by atoms with Crippen LogP contribution in [0.5, 0.6) is 0 Å². The minimum atomic E-state index is -0.984. The number of amides is 1. The summed E-state index contributed by atoms with van der Waals surface area (Å²) in [5, 5.41) is 2.57. The minimum Gasteiger partial charge on any atom is -0.364 e. The molecule has 1 amide bonds. The van der Waals surface area contributed by atoms with Gasteiger partial charge in [0, 0.05) is 18.0 Å². The molecular weight excluding hydrogens is 278 g/mol. The predicted octanol–water partition coefficient (Wildman–Crippen LogP) is 2.45. The molecule has 0 bridgehead atoms. The molecule has 1 heterocycles. The highest BCUT2D eigenvalue weighted by atomic mass is 19.2. The van der Waals surface area contributed by atoms with Crippen molar-refractivity contribution < 1.29 is 13.6 Å². The minimum absolute atomic E-state index is 0.0324. The summed E-state index contributed by atoms with van der Waals surface area (Å²) in [6.45, 7) is 3.32. The molecule has 21 heavy (non-hydrogen) atoms. The molecule has 0 radical (unpaired) electrons. The lowest BCUT2D eigenvalue weighted by Crippen LogP contribution is -2.31. The third-order valence-corrected chi connectivity index (χ3v) is 3.09. The number of H-pyrrole nitrogens is 1. The van der Waals surface area contributed by atoms with E-state index < -0.39 is 29.0 Å². The van der Waals surface area contributed by atoms with Gasteiger partial charge in [0.1, 0.15) is 5.56 Å². The van der Waals surface area contributed by atoms with Gasteiger partial charge >= 0.3 is 0 Å². The molecule has 6 heteroatoms. The molecule has 2 rings (SSSR count). The van der Waals surface area contributed by atoms with Crippen molar-refractivity contribution in [3.8, 4) is 0 Å². The van der Waals surface area contributed by atoms with Crippen LogP contribution in [0.4, 0.5) is 8.78 Å². The zero-order chi connectivity index (χ0) is 15.6. The van der Waals surface area contributed by atoms with E-state index in [1.54, 1.807) is 13.8 Å². The first kappa shape index (κ1) is 14.9. The van der Waals surface area contributed by atoms with Gasteiger partial charge in [-0.3, -0.25) is 9.59 Å². The Morgan fingerprint density at radius 2 is 1.95 bits per heavy atom. The molecule has 2 N–H and O–H groups in total. The Balaban J connectivity index is 2.18. The fraction of sp³-hybridized carbons (Fsp3) is 0.200. The Hall–Kier alpha value is -2.50. The van der Waals surface area contributed by atoms with Crippen LogP contribution in [0.1, 0.15) is 34.6 Å². The van der Waals surface area contributed by atoms with E-state index in [9.17, 15) is 18.4 Å². The summed E-state index contributed by atoms with van der Waals surface area (Å²) in [4.78, 5) is 26.5. The van der Waals surface area contributed by atoms with Gasteiger partial charge in [0.2, 0.25) is 0 Å². The number of rotatable bonds is 3. The molecule has 0 aliphatic carbocycles. The highest BCUT2D eigenvalue weighted by Gasteiger charge is 2.15. The summed E-state index contributed by atoms with van der Waals surface area (Å²) in [7, 11) is 0. The standard InChI is InChI=1S/C15H14F2N2O2/c1-8-5-14(20)11(7-18-8)15(21)19-9(2)10-3-4-12(16)13(17)6-10/h3-7,9H,1-2H3,(H,18,20)(H,19,21). The van der Waals surface area contributed by atoms with Gasteiger partial charge in [-0.1, -0.05) is 6.07 Å². The number of aromatic amines is 1. The van der Waals surface area contributed by atoms with Crippen LogP contribution in [0.15, 0.2) is 35.3 Å². The Bertz CT molecular complexity index is 741. The zero-order valence-electron chi connectivity index (χ0n) is 11.5. The first-order valence-electron chi connectivity index (χ1n) is 6.33. The zero-order valence-corrected chi connectivity index (χ0v) is 11.5. The summed E-state index contributed by atoms with van der Waals surface area (Å²) in [5.74, 6) is -2.51. The largest absolute Gasteiger partial charge is 0.364 e. The average molecular weight is 292 g/mol. The van der Waals surface area contributed by atoms with Crippen LogP contribution in [-0.2, 0) is 0 Å². The van der Waals surface area contributed by atoms with Gasteiger partial charge in [-0.15, -0.1) is 0 Å². The predicted molar refractivity (Wildman–Crippen MR) is 74.0 cm³/mol. The molecule has 0 saturated carbocycles. The van der Waals surface area contributed by atoms with Crippen LogP contribution in [0, 0.1) is 18.6 Å². The molecule has 0 aliphatic heterocycles. The number of carbonyl (C=O) groups is 1. The average Bonchev–Trinajstić information content (AvgIpc) is 2.41. The highest BCUT2D eigenvalue weighted by Crippen LogP contribution is 2.16. The van der Waals surface area contributed by atoms with Crippen LogP contribution >= 0.6 is 0 Å². The Kier molecular flexibility index (Phi) is 4.16. The number of benzene rings is 1. The molecule has 1 aromatic carbocycles. The summed E-state index contributed by atoms with van der Waals surface area (Å²) in [6.07, 6.45) is 1.32. The second kappa shape index (κ2) is 5.87. The lowest BCUT2D eigenvalue weighted by atomic mass is 10.1. The molecule has 0 saturated heterocycles. The van der Waals surface area contributed by atoms with Crippen molar-refractivity contribution in [3.63, 3.8) is 0 Å². The lowest BCUT2D eigenvalue weighted by Gasteiger charge is -2.14. The second-order valence-corrected chi connectivity index (χ2v) is 4.76. The van der Waals surface area contributed by atoms with Crippen molar-refractivity contribution in [1.82, 2.24) is 10.3 Å². The molecule has 0 spiro atoms. The van der Waals surface area contributed by atoms with Gasteiger partial charge in [-0.05, 0) is 31.5 Å². The van der Waals surface area contributed by atoms with Gasteiger partial charge in [0.05, 0.1) is 6.04 Å². The van der Waals surface area contributed by atoms with Crippen molar-refractivity contribution in [2.75, 3.05) is 0 Å². The Morgan fingerprint density at radius 1 is 1.24 bits per heavy atom. The maximum Gasteiger partial charge on any atom is 0.257 e. The molecule has 0 fully saturated rings.